The SMILES string of the molecule is CCCCOC(=O)C=O.O. The van der Waals surface area contributed by atoms with Crippen molar-refractivity contribution in [1.29, 1.82) is 0 Å². The molecule has 0 saturated carbocycles. The van der Waals surface area contributed by atoms with Gasteiger partial charge in [0.05, 0.1) is 6.61 Å². The van der Waals surface area contributed by atoms with Gasteiger partial charge in [-0.1, -0.05) is 13.3 Å². The van der Waals surface area contributed by atoms with Crippen LogP contribution in [-0.4, -0.2) is 24.3 Å². The zero-order valence-corrected chi connectivity index (χ0v) is 5.92. The van der Waals surface area contributed by atoms with Crippen molar-refractivity contribution in [2.45, 2.75) is 19.8 Å². The van der Waals surface area contributed by atoms with E-state index in [0.29, 0.717) is 6.61 Å². The number of carbonyl (C=O) groups is 2. The van der Waals surface area contributed by atoms with E-state index in [4.69, 9.17) is 0 Å². The van der Waals surface area contributed by atoms with Crippen molar-refractivity contribution in [2.75, 3.05) is 6.61 Å². The molecular formula is C6H12O4. The van der Waals surface area contributed by atoms with Crippen molar-refractivity contribution in [3.63, 3.8) is 0 Å². The fourth-order valence-electron chi connectivity index (χ4n) is 0.351. The number of hydrogen-bond donors (Lipinski definition) is 0. The van der Waals surface area contributed by atoms with Crippen molar-refractivity contribution in [3.8, 4) is 0 Å². The number of carbonyl (C=O) groups excluding carboxylic acids is 2. The first-order valence-electron chi connectivity index (χ1n) is 2.93. The Balaban J connectivity index is 0. The first-order valence-corrected chi connectivity index (χ1v) is 2.93. The van der Waals surface area contributed by atoms with Gasteiger partial charge in [-0.15, -0.1) is 0 Å². The highest BCUT2D eigenvalue weighted by atomic mass is 16.5. The summed E-state index contributed by atoms with van der Waals surface area (Å²) in [6, 6.07) is 0. The van der Waals surface area contributed by atoms with E-state index >= 15 is 0 Å². The fourth-order valence-corrected chi connectivity index (χ4v) is 0.351. The number of unbranched alkanes of at least 4 members (excludes halogenated alkanes) is 1. The molecule has 0 aromatic heterocycles. The monoisotopic (exact) mass is 148 g/mol. The van der Waals surface area contributed by atoms with E-state index in [9.17, 15) is 9.59 Å². The second kappa shape index (κ2) is 8.10. The van der Waals surface area contributed by atoms with Crippen LogP contribution >= 0.6 is 0 Å². The highest BCUT2D eigenvalue weighted by Crippen LogP contribution is 1.86. The van der Waals surface area contributed by atoms with Crippen molar-refractivity contribution in [3.05, 3.63) is 0 Å². The lowest BCUT2D eigenvalue weighted by molar-refractivity contribution is -0.148. The Morgan fingerprint density at radius 1 is 1.60 bits per heavy atom. The maximum absolute atomic E-state index is 10.1. The summed E-state index contributed by atoms with van der Waals surface area (Å²) in [6.07, 6.45) is 1.96. The third kappa shape index (κ3) is 7.10. The molecule has 2 N–H and O–H groups in total. The van der Waals surface area contributed by atoms with E-state index in [0.717, 1.165) is 12.8 Å². The van der Waals surface area contributed by atoms with Gasteiger partial charge in [0.2, 0.25) is 6.29 Å². The summed E-state index contributed by atoms with van der Waals surface area (Å²) < 4.78 is 4.42. The summed E-state index contributed by atoms with van der Waals surface area (Å²) in [4.78, 5) is 19.7. The van der Waals surface area contributed by atoms with Gasteiger partial charge in [0.1, 0.15) is 0 Å². The van der Waals surface area contributed by atoms with Crippen molar-refractivity contribution in [2.24, 2.45) is 0 Å². The number of hydrogen-bond acceptors (Lipinski definition) is 3. The molecule has 0 radical (unpaired) electrons. The van der Waals surface area contributed by atoms with Crippen LogP contribution in [0.2, 0.25) is 0 Å². The summed E-state index contributed by atoms with van der Waals surface area (Å²) in [6.45, 7) is 2.34. The number of aldehydes is 1. The summed E-state index contributed by atoms with van der Waals surface area (Å²) in [7, 11) is 0. The number of rotatable bonds is 4. The molecule has 0 spiro atoms. The summed E-state index contributed by atoms with van der Waals surface area (Å²) in [5.74, 6) is -0.775. The van der Waals surface area contributed by atoms with Crippen LogP contribution in [0.25, 0.3) is 0 Å². The minimum atomic E-state index is -0.775. The van der Waals surface area contributed by atoms with E-state index in [2.05, 4.69) is 4.74 Å². The second-order valence-corrected chi connectivity index (χ2v) is 1.64. The Bertz CT molecular complexity index is 99.9. The smallest absolute Gasteiger partial charge is 0.371 e. The van der Waals surface area contributed by atoms with Gasteiger partial charge in [-0.3, -0.25) is 4.79 Å². The van der Waals surface area contributed by atoms with E-state index < -0.39 is 5.97 Å². The molecular weight excluding hydrogens is 136 g/mol. The van der Waals surface area contributed by atoms with Crippen molar-refractivity contribution in [1.82, 2.24) is 0 Å². The molecule has 0 bridgehead atoms. The maximum Gasteiger partial charge on any atom is 0.371 e. The predicted molar refractivity (Wildman–Crippen MR) is 35.5 cm³/mol. The average Bonchev–Trinajstić information content (AvgIpc) is 1.89. The summed E-state index contributed by atoms with van der Waals surface area (Å²) >= 11 is 0. The molecule has 4 heteroatoms. The van der Waals surface area contributed by atoms with Gasteiger partial charge >= 0.3 is 5.97 Å². The minimum absolute atomic E-state index is 0. The van der Waals surface area contributed by atoms with Gasteiger partial charge in [0, 0.05) is 0 Å². The molecule has 0 aromatic rings. The van der Waals surface area contributed by atoms with Crippen molar-refractivity contribution < 1.29 is 19.8 Å². The van der Waals surface area contributed by atoms with Gasteiger partial charge in [-0.05, 0) is 6.42 Å². The van der Waals surface area contributed by atoms with E-state index in [1.54, 1.807) is 0 Å². The topological polar surface area (TPSA) is 74.9 Å². The van der Waals surface area contributed by atoms with Crippen LogP contribution < -0.4 is 0 Å². The Morgan fingerprint density at radius 2 is 2.20 bits per heavy atom. The molecule has 10 heavy (non-hydrogen) atoms. The lowest BCUT2D eigenvalue weighted by Gasteiger charge is -1.95. The molecule has 0 heterocycles. The molecule has 0 aliphatic heterocycles. The van der Waals surface area contributed by atoms with Gasteiger partial charge in [0.25, 0.3) is 0 Å². The zero-order valence-electron chi connectivity index (χ0n) is 5.92. The van der Waals surface area contributed by atoms with E-state index in [1.165, 1.54) is 0 Å². The first-order chi connectivity index (χ1) is 4.31. The van der Waals surface area contributed by atoms with Crippen LogP contribution in [0.15, 0.2) is 0 Å². The molecule has 0 aliphatic carbocycles. The highest BCUT2D eigenvalue weighted by Gasteiger charge is 1.95. The first kappa shape index (κ1) is 11.8. The fraction of sp³-hybridized carbons (Fsp3) is 0.667. The predicted octanol–water partition coefficient (Wildman–Crippen LogP) is -0.296. The molecule has 0 fully saturated rings. The van der Waals surface area contributed by atoms with Crippen LogP contribution in [-0.2, 0) is 14.3 Å². The quantitative estimate of drug-likeness (QED) is 0.238. The Hall–Kier alpha value is -0.900. The van der Waals surface area contributed by atoms with Gasteiger partial charge in [0.15, 0.2) is 0 Å². The molecule has 0 amide bonds. The van der Waals surface area contributed by atoms with Crippen LogP contribution in [0.1, 0.15) is 19.8 Å². The molecule has 0 saturated heterocycles. The molecule has 0 atom stereocenters. The Kier molecular flexibility index (Phi) is 9.59. The largest absolute Gasteiger partial charge is 0.460 e. The van der Waals surface area contributed by atoms with Crippen molar-refractivity contribution >= 4 is 12.3 Å². The Morgan fingerprint density at radius 3 is 2.60 bits per heavy atom. The Labute approximate surface area is 59.5 Å². The maximum atomic E-state index is 10.1. The third-order valence-corrected chi connectivity index (χ3v) is 0.838. The van der Waals surface area contributed by atoms with E-state index in [-0.39, 0.29) is 11.8 Å². The average molecular weight is 148 g/mol. The molecule has 60 valence electrons. The molecule has 0 unspecified atom stereocenters. The zero-order chi connectivity index (χ0) is 7.11. The molecule has 4 nitrogen and oxygen atoms in total. The van der Waals surface area contributed by atoms with E-state index in [1.807, 2.05) is 6.92 Å². The minimum Gasteiger partial charge on any atom is -0.460 e. The lowest BCUT2D eigenvalue weighted by Crippen LogP contribution is -2.05. The number of ether oxygens (including phenoxy) is 1. The van der Waals surface area contributed by atoms with Crippen LogP contribution in [0.5, 0.6) is 0 Å². The number of esters is 1. The van der Waals surface area contributed by atoms with Crippen LogP contribution in [0.4, 0.5) is 0 Å². The van der Waals surface area contributed by atoms with Gasteiger partial charge in [-0.25, -0.2) is 4.79 Å². The third-order valence-electron chi connectivity index (χ3n) is 0.838. The second-order valence-electron chi connectivity index (χ2n) is 1.64. The van der Waals surface area contributed by atoms with Crippen LogP contribution in [0.3, 0.4) is 0 Å². The van der Waals surface area contributed by atoms with Gasteiger partial charge in [-0.2, -0.15) is 0 Å². The molecule has 0 aromatic carbocycles. The lowest BCUT2D eigenvalue weighted by atomic mass is 10.4. The summed E-state index contributed by atoms with van der Waals surface area (Å²) in [5, 5.41) is 0. The van der Waals surface area contributed by atoms with Crippen LogP contribution in [0, 0.1) is 0 Å². The molecule has 0 rings (SSSR count). The normalized spacial score (nSPS) is 7.70. The molecule has 0 aliphatic rings. The van der Waals surface area contributed by atoms with Gasteiger partial charge < -0.3 is 10.2 Å². The standard InChI is InChI=1S/C6H10O3.H2O/c1-2-3-4-9-6(8)5-7;/h5H,2-4H2,1H3;1H2. The summed E-state index contributed by atoms with van der Waals surface area (Å²) in [5.41, 5.74) is 0. The highest BCUT2D eigenvalue weighted by molar-refractivity contribution is 6.20.